The molecule has 0 unspecified atom stereocenters. The van der Waals surface area contributed by atoms with Crippen LogP contribution >= 0.6 is 0 Å². The summed E-state index contributed by atoms with van der Waals surface area (Å²) in [6.07, 6.45) is 5.34. The second kappa shape index (κ2) is 8.11. The van der Waals surface area contributed by atoms with Crippen molar-refractivity contribution < 1.29 is 9.13 Å². The fraction of sp³-hybridized carbons (Fsp3) is 0.714. The molecule has 1 saturated heterocycles. The van der Waals surface area contributed by atoms with Crippen LogP contribution < -0.4 is 10.6 Å². The molecule has 2 heterocycles. The van der Waals surface area contributed by atoms with Gasteiger partial charge in [-0.3, -0.25) is 0 Å². The average molecular weight is 282 g/mol. The third kappa shape index (κ3) is 4.38. The number of aryl methyl sites for hydroxylation is 1. The topological polar surface area (TPSA) is 59.1 Å². The number of ether oxygens (including phenoxy) is 1. The van der Waals surface area contributed by atoms with Crippen molar-refractivity contribution in [3.8, 4) is 0 Å². The Hall–Kier alpha value is -1.27. The van der Waals surface area contributed by atoms with E-state index in [9.17, 15) is 4.39 Å². The SMILES string of the molecule is CCc1ncnc(NCCCOC2CCNCC2)c1F. The van der Waals surface area contributed by atoms with E-state index in [1.165, 1.54) is 6.33 Å². The monoisotopic (exact) mass is 282 g/mol. The van der Waals surface area contributed by atoms with Gasteiger partial charge in [0, 0.05) is 13.2 Å². The van der Waals surface area contributed by atoms with Gasteiger partial charge in [0.05, 0.1) is 11.8 Å². The molecule has 2 rings (SSSR count). The second-order valence-electron chi connectivity index (χ2n) is 4.94. The third-order valence-corrected chi connectivity index (χ3v) is 3.45. The smallest absolute Gasteiger partial charge is 0.186 e. The molecule has 1 aliphatic heterocycles. The Bertz CT molecular complexity index is 410. The largest absolute Gasteiger partial charge is 0.378 e. The summed E-state index contributed by atoms with van der Waals surface area (Å²) < 4.78 is 19.6. The summed E-state index contributed by atoms with van der Waals surface area (Å²) in [5, 5.41) is 6.31. The van der Waals surface area contributed by atoms with Crippen LogP contribution in [0.3, 0.4) is 0 Å². The van der Waals surface area contributed by atoms with E-state index in [0.717, 1.165) is 32.4 Å². The van der Waals surface area contributed by atoms with Crippen LogP contribution in [0.15, 0.2) is 6.33 Å². The van der Waals surface area contributed by atoms with Crippen LogP contribution in [0.25, 0.3) is 0 Å². The normalized spacial score (nSPS) is 16.3. The summed E-state index contributed by atoms with van der Waals surface area (Å²) in [6, 6.07) is 0. The van der Waals surface area contributed by atoms with Crippen LogP contribution in [0.5, 0.6) is 0 Å². The van der Waals surface area contributed by atoms with Gasteiger partial charge in [0.2, 0.25) is 0 Å². The lowest BCUT2D eigenvalue weighted by Gasteiger charge is -2.22. The number of hydrogen-bond acceptors (Lipinski definition) is 5. The Morgan fingerprint density at radius 3 is 2.95 bits per heavy atom. The molecule has 5 nitrogen and oxygen atoms in total. The van der Waals surface area contributed by atoms with Gasteiger partial charge in [-0.05, 0) is 38.8 Å². The van der Waals surface area contributed by atoms with E-state index in [4.69, 9.17) is 4.74 Å². The van der Waals surface area contributed by atoms with E-state index in [1.54, 1.807) is 0 Å². The Kier molecular flexibility index (Phi) is 6.14. The van der Waals surface area contributed by atoms with Crippen molar-refractivity contribution in [1.82, 2.24) is 15.3 Å². The number of nitrogens with zero attached hydrogens (tertiary/aromatic N) is 2. The third-order valence-electron chi connectivity index (χ3n) is 3.45. The van der Waals surface area contributed by atoms with E-state index in [-0.39, 0.29) is 5.82 Å². The van der Waals surface area contributed by atoms with Crippen molar-refractivity contribution in [2.24, 2.45) is 0 Å². The van der Waals surface area contributed by atoms with E-state index in [2.05, 4.69) is 20.6 Å². The zero-order valence-electron chi connectivity index (χ0n) is 12.0. The molecule has 0 amide bonds. The van der Waals surface area contributed by atoms with Crippen molar-refractivity contribution in [3.63, 3.8) is 0 Å². The highest BCUT2D eigenvalue weighted by molar-refractivity contribution is 5.37. The summed E-state index contributed by atoms with van der Waals surface area (Å²) in [7, 11) is 0. The Labute approximate surface area is 119 Å². The highest BCUT2D eigenvalue weighted by Crippen LogP contribution is 2.13. The minimum absolute atomic E-state index is 0.290. The molecule has 0 aromatic carbocycles. The summed E-state index contributed by atoms with van der Waals surface area (Å²) in [5.74, 6) is -0.0482. The number of hydrogen-bond donors (Lipinski definition) is 2. The fourth-order valence-electron chi connectivity index (χ4n) is 2.27. The van der Waals surface area contributed by atoms with E-state index < -0.39 is 0 Å². The summed E-state index contributed by atoms with van der Waals surface area (Å²) in [5.41, 5.74) is 0.452. The van der Waals surface area contributed by atoms with Gasteiger partial charge in [0.25, 0.3) is 0 Å². The summed E-state index contributed by atoms with van der Waals surface area (Å²) >= 11 is 0. The zero-order valence-corrected chi connectivity index (χ0v) is 12.0. The minimum atomic E-state index is -0.339. The molecular weight excluding hydrogens is 259 g/mol. The van der Waals surface area contributed by atoms with Crippen LogP contribution in [-0.4, -0.2) is 42.3 Å². The molecule has 20 heavy (non-hydrogen) atoms. The first kappa shape index (κ1) is 15.1. The van der Waals surface area contributed by atoms with Crippen LogP contribution in [0.1, 0.15) is 31.9 Å². The van der Waals surface area contributed by atoms with Crippen molar-refractivity contribution in [2.45, 2.75) is 38.7 Å². The van der Waals surface area contributed by atoms with E-state index in [0.29, 0.717) is 37.2 Å². The van der Waals surface area contributed by atoms with Crippen molar-refractivity contribution in [3.05, 3.63) is 17.8 Å². The molecule has 0 atom stereocenters. The molecule has 0 aliphatic carbocycles. The first-order valence-electron chi connectivity index (χ1n) is 7.36. The Morgan fingerprint density at radius 2 is 2.20 bits per heavy atom. The molecule has 1 fully saturated rings. The predicted molar refractivity (Wildman–Crippen MR) is 76.3 cm³/mol. The predicted octanol–water partition coefficient (Wildman–Crippen LogP) is 1.75. The molecule has 1 aliphatic rings. The molecule has 1 aromatic rings. The van der Waals surface area contributed by atoms with Gasteiger partial charge in [-0.1, -0.05) is 6.92 Å². The van der Waals surface area contributed by atoms with Gasteiger partial charge in [-0.25, -0.2) is 14.4 Å². The number of halogens is 1. The van der Waals surface area contributed by atoms with Gasteiger partial charge in [0.1, 0.15) is 6.33 Å². The van der Waals surface area contributed by atoms with Gasteiger partial charge in [0.15, 0.2) is 11.6 Å². The van der Waals surface area contributed by atoms with Gasteiger partial charge in [-0.15, -0.1) is 0 Å². The summed E-state index contributed by atoms with van der Waals surface area (Å²) in [4.78, 5) is 7.83. The molecule has 0 radical (unpaired) electrons. The van der Waals surface area contributed by atoms with Gasteiger partial charge in [-0.2, -0.15) is 0 Å². The maximum Gasteiger partial charge on any atom is 0.186 e. The highest BCUT2D eigenvalue weighted by Gasteiger charge is 2.13. The number of rotatable bonds is 7. The molecule has 0 bridgehead atoms. The van der Waals surface area contributed by atoms with Gasteiger partial charge >= 0.3 is 0 Å². The molecule has 0 spiro atoms. The van der Waals surface area contributed by atoms with Crippen LogP contribution in [0.4, 0.5) is 10.2 Å². The Balaban J connectivity index is 1.65. The van der Waals surface area contributed by atoms with E-state index >= 15 is 0 Å². The maximum atomic E-state index is 13.8. The first-order chi connectivity index (χ1) is 9.81. The first-order valence-corrected chi connectivity index (χ1v) is 7.36. The minimum Gasteiger partial charge on any atom is -0.378 e. The number of piperidine rings is 1. The lowest BCUT2D eigenvalue weighted by molar-refractivity contribution is 0.0329. The average Bonchev–Trinajstić information content (AvgIpc) is 2.49. The number of anilines is 1. The molecule has 2 N–H and O–H groups in total. The molecule has 6 heteroatoms. The molecule has 1 aromatic heterocycles. The molecule has 112 valence electrons. The van der Waals surface area contributed by atoms with Crippen molar-refractivity contribution in [1.29, 1.82) is 0 Å². The lowest BCUT2D eigenvalue weighted by atomic mass is 10.1. The van der Waals surface area contributed by atoms with Crippen LogP contribution in [-0.2, 0) is 11.2 Å². The quantitative estimate of drug-likeness (QED) is 0.746. The highest BCUT2D eigenvalue weighted by atomic mass is 19.1. The zero-order chi connectivity index (χ0) is 14.2. The summed E-state index contributed by atoms with van der Waals surface area (Å²) in [6.45, 7) is 5.30. The van der Waals surface area contributed by atoms with Crippen LogP contribution in [0, 0.1) is 5.82 Å². The maximum absolute atomic E-state index is 13.8. The molecule has 0 saturated carbocycles. The van der Waals surface area contributed by atoms with Crippen molar-refractivity contribution in [2.75, 3.05) is 31.6 Å². The second-order valence-corrected chi connectivity index (χ2v) is 4.94. The standard InChI is InChI=1S/C14H23FN4O/c1-2-12-13(15)14(19-10-18-12)17-6-3-9-20-11-4-7-16-8-5-11/h10-11,16H,2-9H2,1H3,(H,17,18,19). The number of aromatic nitrogens is 2. The fourth-order valence-corrected chi connectivity index (χ4v) is 2.27. The Morgan fingerprint density at radius 1 is 1.40 bits per heavy atom. The van der Waals surface area contributed by atoms with Crippen LogP contribution in [0.2, 0.25) is 0 Å². The molecular formula is C14H23FN4O. The number of nitrogens with one attached hydrogen (secondary N) is 2. The van der Waals surface area contributed by atoms with E-state index in [1.807, 2.05) is 6.92 Å². The van der Waals surface area contributed by atoms with Gasteiger partial charge < -0.3 is 15.4 Å². The lowest BCUT2D eigenvalue weighted by Crippen LogP contribution is -2.32. The van der Waals surface area contributed by atoms with Crippen molar-refractivity contribution >= 4 is 5.82 Å².